The Balaban J connectivity index is 1.93. The first kappa shape index (κ1) is 19.7. The molecule has 3 rings (SSSR count). The Kier molecular flexibility index (Phi) is 5.84. The van der Waals surface area contributed by atoms with Gasteiger partial charge in [0.15, 0.2) is 0 Å². The molecule has 1 aromatic carbocycles. The van der Waals surface area contributed by atoms with Crippen molar-refractivity contribution in [3.8, 4) is 11.8 Å². The summed E-state index contributed by atoms with van der Waals surface area (Å²) < 4.78 is 2.02. The Morgan fingerprint density at radius 1 is 1.25 bits per heavy atom. The van der Waals surface area contributed by atoms with E-state index in [-0.39, 0.29) is 5.57 Å². The lowest BCUT2D eigenvalue weighted by atomic mass is 10.1. The first-order valence-corrected chi connectivity index (χ1v) is 9.14. The van der Waals surface area contributed by atoms with Crippen molar-refractivity contribution < 1.29 is 4.79 Å². The topological polar surface area (TPSA) is 70.7 Å². The molecular weight excluding hydrogens is 395 g/mol. The molecule has 0 aliphatic carbocycles. The maximum Gasteiger partial charge on any atom is 0.266 e. The fourth-order valence-corrected chi connectivity index (χ4v) is 3.36. The van der Waals surface area contributed by atoms with Crippen LogP contribution in [0.5, 0.6) is 0 Å². The van der Waals surface area contributed by atoms with Crippen LogP contribution in [0, 0.1) is 25.2 Å². The van der Waals surface area contributed by atoms with Crippen LogP contribution in [0.2, 0.25) is 10.0 Å². The summed E-state index contributed by atoms with van der Waals surface area (Å²) in [5.41, 5.74) is 3.91. The van der Waals surface area contributed by atoms with E-state index >= 15 is 0 Å². The van der Waals surface area contributed by atoms with E-state index < -0.39 is 5.91 Å². The second-order valence-corrected chi connectivity index (χ2v) is 6.96. The predicted molar refractivity (Wildman–Crippen MR) is 112 cm³/mol. The highest BCUT2D eigenvalue weighted by Crippen LogP contribution is 2.26. The molecule has 28 heavy (non-hydrogen) atoms. The first-order valence-electron chi connectivity index (χ1n) is 8.38. The van der Waals surface area contributed by atoms with Crippen molar-refractivity contribution in [3.63, 3.8) is 0 Å². The number of hydrogen-bond acceptors (Lipinski definition) is 3. The number of halogens is 2. The third-order valence-electron chi connectivity index (χ3n) is 4.22. The van der Waals surface area contributed by atoms with Gasteiger partial charge in [0.1, 0.15) is 11.6 Å². The standard InChI is InChI=1S/C21H16Cl2N4O/c1-13-8-15(14(2)27(13)18-4-3-7-25-12-18)9-16(11-24)21(28)26-20-6-5-17(22)10-19(20)23/h3-10,12H,1-2H3,(H,26,28)/b16-9-. The summed E-state index contributed by atoms with van der Waals surface area (Å²) in [5, 5.41) is 12.9. The molecule has 0 atom stereocenters. The molecular formula is C21H16Cl2N4O. The zero-order chi connectivity index (χ0) is 20.3. The lowest BCUT2D eigenvalue weighted by Gasteiger charge is -2.09. The number of rotatable bonds is 4. The number of anilines is 1. The van der Waals surface area contributed by atoms with E-state index in [4.69, 9.17) is 23.2 Å². The molecule has 0 bridgehead atoms. The van der Waals surface area contributed by atoms with Gasteiger partial charge in [-0.25, -0.2) is 0 Å². The molecule has 0 fully saturated rings. The molecule has 2 heterocycles. The minimum atomic E-state index is -0.544. The van der Waals surface area contributed by atoms with Crippen molar-refractivity contribution >= 4 is 40.9 Å². The highest BCUT2D eigenvalue weighted by Gasteiger charge is 2.15. The molecule has 0 aliphatic heterocycles. The smallest absolute Gasteiger partial charge is 0.266 e. The molecule has 3 aromatic rings. The van der Waals surface area contributed by atoms with Crippen molar-refractivity contribution in [1.29, 1.82) is 5.26 Å². The number of nitriles is 1. The highest BCUT2D eigenvalue weighted by molar-refractivity contribution is 6.36. The van der Waals surface area contributed by atoms with E-state index in [1.807, 2.05) is 42.7 Å². The number of nitrogens with one attached hydrogen (secondary N) is 1. The van der Waals surface area contributed by atoms with E-state index in [1.165, 1.54) is 6.07 Å². The Morgan fingerprint density at radius 3 is 2.68 bits per heavy atom. The van der Waals surface area contributed by atoms with Crippen LogP contribution in [-0.2, 0) is 4.79 Å². The molecule has 0 radical (unpaired) electrons. The normalized spacial score (nSPS) is 11.2. The van der Waals surface area contributed by atoms with Crippen LogP contribution >= 0.6 is 23.2 Å². The summed E-state index contributed by atoms with van der Waals surface area (Å²) in [5.74, 6) is -0.544. The van der Waals surface area contributed by atoms with Gasteiger partial charge in [0, 0.05) is 22.6 Å². The number of pyridine rings is 1. The van der Waals surface area contributed by atoms with Gasteiger partial charge in [0.25, 0.3) is 5.91 Å². The number of carbonyl (C=O) groups excluding carboxylic acids is 1. The second-order valence-electron chi connectivity index (χ2n) is 6.12. The number of nitrogens with zero attached hydrogens (tertiary/aromatic N) is 3. The van der Waals surface area contributed by atoms with Gasteiger partial charge in [0.2, 0.25) is 0 Å². The molecule has 140 valence electrons. The molecule has 7 heteroatoms. The molecule has 1 amide bonds. The third-order valence-corrected chi connectivity index (χ3v) is 4.77. The average Bonchev–Trinajstić information content (AvgIpc) is 2.95. The Labute approximate surface area is 172 Å². The number of aryl methyl sites for hydroxylation is 1. The summed E-state index contributed by atoms with van der Waals surface area (Å²) in [7, 11) is 0. The first-order chi connectivity index (χ1) is 13.4. The SMILES string of the molecule is Cc1cc(/C=C(/C#N)C(=O)Nc2ccc(Cl)cc2Cl)c(C)n1-c1cccnc1. The largest absolute Gasteiger partial charge is 0.320 e. The number of aromatic nitrogens is 2. The van der Waals surface area contributed by atoms with Crippen molar-refractivity contribution in [1.82, 2.24) is 9.55 Å². The quantitative estimate of drug-likeness (QED) is 0.465. The van der Waals surface area contributed by atoms with E-state index in [9.17, 15) is 10.1 Å². The molecule has 0 spiro atoms. The summed E-state index contributed by atoms with van der Waals surface area (Å²) in [4.78, 5) is 16.7. The van der Waals surface area contributed by atoms with Crippen LogP contribution in [0.4, 0.5) is 5.69 Å². The number of carbonyl (C=O) groups is 1. The van der Waals surface area contributed by atoms with Crippen molar-refractivity contribution in [2.45, 2.75) is 13.8 Å². The predicted octanol–water partition coefficient (Wildman–Crippen LogP) is 5.34. The van der Waals surface area contributed by atoms with Crippen LogP contribution in [0.25, 0.3) is 11.8 Å². The van der Waals surface area contributed by atoms with E-state index in [0.29, 0.717) is 15.7 Å². The van der Waals surface area contributed by atoms with Crippen molar-refractivity contribution in [2.24, 2.45) is 0 Å². The van der Waals surface area contributed by atoms with Crippen LogP contribution in [0.3, 0.4) is 0 Å². The van der Waals surface area contributed by atoms with E-state index in [0.717, 1.165) is 22.6 Å². The lowest BCUT2D eigenvalue weighted by Crippen LogP contribution is -2.13. The minimum Gasteiger partial charge on any atom is -0.320 e. The number of benzene rings is 1. The second kappa shape index (κ2) is 8.30. The number of amides is 1. The zero-order valence-electron chi connectivity index (χ0n) is 15.2. The molecule has 5 nitrogen and oxygen atoms in total. The number of hydrogen-bond donors (Lipinski definition) is 1. The third kappa shape index (κ3) is 4.09. The molecule has 0 unspecified atom stereocenters. The summed E-state index contributed by atoms with van der Waals surface area (Å²) >= 11 is 12.0. The monoisotopic (exact) mass is 410 g/mol. The molecule has 0 aliphatic rings. The van der Waals surface area contributed by atoms with Gasteiger partial charge >= 0.3 is 0 Å². The summed E-state index contributed by atoms with van der Waals surface area (Å²) in [6, 6.07) is 12.4. The fraction of sp³-hybridized carbons (Fsp3) is 0.0952. The van der Waals surface area contributed by atoms with Gasteiger partial charge in [-0.05, 0) is 61.9 Å². The van der Waals surface area contributed by atoms with Gasteiger partial charge in [-0.1, -0.05) is 23.2 Å². The van der Waals surface area contributed by atoms with Crippen molar-refractivity contribution in [3.05, 3.63) is 81.4 Å². The molecule has 1 N–H and O–H groups in total. The van der Waals surface area contributed by atoms with Crippen LogP contribution < -0.4 is 5.32 Å². The maximum absolute atomic E-state index is 12.5. The van der Waals surface area contributed by atoms with Crippen LogP contribution in [0.1, 0.15) is 17.0 Å². The molecule has 0 saturated heterocycles. The Bertz CT molecular complexity index is 1110. The van der Waals surface area contributed by atoms with Gasteiger partial charge in [-0.3, -0.25) is 9.78 Å². The van der Waals surface area contributed by atoms with Crippen molar-refractivity contribution in [2.75, 3.05) is 5.32 Å². The lowest BCUT2D eigenvalue weighted by molar-refractivity contribution is -0.112. The van der Waals surface area contributed by atoms with E-state index in [1.54, 1.807) is 30.6 Å². The van der Waals surface area contributed by atoms with Gasteiger partial charge in [-0.2, -0.15) is 5.26 Å². The minimum absolute atomic E-state index is 0.0301. The highest BCUT2D eigenvalue weighted by atomic mass is 35.5. The van der Waals surface area contributed by atoms with Crippen LogP contribution in [0.15, 0.2) is 54.4 Å². The van der Waals surface area contributed by atoms with Gasteiger partial charge < -0.3 is 9.88 Å². The van der Waals surface area contributed by atoms with Crippen LogP contribution in [-0.4, -0.2) is 15.5 Å². The molecule has 2 aromatic heterocycles. The Hall–Kier alpha value is -3.07. The fourth-order valence-electron chi connectivity index (χ4n) is 2.90. The summed E-state index contributed by atoms with van der Waals surface area (Å²) in [6.45, 7) is 3.88. The van der Waals surface area contributed by atoms with E-state index in [2.05, 4.69) is 10.3 Å². The maximum atomic E-state index is 12.5. The Morgan fingerprint density at radius 2 is 2.04 bits per heavy atom. The molecule has 0 saturated carbocycles. The van der Waals surface area contributed by atoms with Gasteiger partial charge in [0.05, 0.1) is 22.6 Å². The zero-order valence-corrected chi connectivity index (χ0v) is 16.7. The van der Waals surface area contributed by atoms with Gasteiger partial charge in [-0.15, -0.1) is 0 Å². The average molecular weight is 411 g/mol. The summed E-state index contributed by atoms with van der Waals surface area (Å²) in [6.07, 6.45) is 5.03.